The minimum Gasteiger partial charge on any atom is -0.492 e. The number of benzene rings is 1. The van der Waals surface area contributed by atoms with Gasteiger partial charge in [0.15, 0.2) is 0 Å². The van der Waals surface area contributed by atoms with Crippen LogP contribution in [0.4, 0.5) is 4.39 Å². The summed E-state index contributed by atoms with van der Waals surface area (Å²) in [7, 11) is 1.64. The molecule has 0 bridgehead atoms. The van der Waals surface area contributed by atoms with E-state index in [-0.39, 0.29) is 29.2 Å². The van der Waals surface area contributed by atoms with Crippen molar-refractivity contribution in [2.24, 2.45) is 0 Å². The maximum absolute atomic E-state index is 13.0. The Bertz CT molecular complexity index is 637. The summed E-state index contributed by atoms with van der Waals surface area (Å²) in [6.07, 6.45) is 0. The van der Waals surface area contributed by atoms with Crippen LogP contribution < -0.4 is 4.74 Å². The number of nitrogens with zero attached hydrogens (tertiary/aromatic N) is 2. The quantitative estimate of drug-likeness (QED) is 0.797. The summed E-state index contributed by atoms with van der Waals surface area (Å²) in [6, 6.07) is 10.7. The number of ether oxygens (including phenoxy) is 1. The molecule has 21 heavy (non-hydrogen) atoms. The Morgan fingerprint density at radius 3 is 2.81 bits per heavy atom. The normalized spacial score (nSPS) is 10.2. The van der Waals surface area contributed by atoms with E-state index in [9.17, 15) is 9.18 Å². The van der Waals surface area contributed by atoms with E-state index in [0.717, 1.165) is 0 Å². The molecule has 2 aromatic rings. The van der Waals surface area contributed by atoms with Gasteiger partial charge in [0.1, 0.15) is 29.0 Å². The minimum absolute atomic E-state index is 0.250. The molecule has 0 unspecified atom stereocenters. The highest BCUT2D eigenvalue weighted by molar-refractivity contribution is 6.29. The standard InChI is InChI=1S/C15H14ClFN2O2/c1-19(15(20)13-6-3-7-14(16)18-13)8-9-21-12-5-2-4-11(17)10-12/h2-7,10H,8-9H2,1H3. The van der Waals surface area contributed by atoms with Crippen LogP contribution in [0, 0.1) is 5.82 Å². The van der Waals surface area contributed by atoms with E-state index in [2.05, 4.69) is 4.98 Å². The van der Waals surface area contributed by atoms with Crippen molar-refractivity contribution >= 4 is 17.5 Å². The van der Waals surface area contributed by atoms with Crippen molar-refractivity contribution in [1.29, 1.82) is 0 Å². The molecule has 0 aliphatic heterocycles. The third-order valence-corrected chi connectivity index (χ3v) is 2.98. The summed E-state index contributed by atoms with van der Waals surface area (Å²) in [4.78, 5) is 17.5. The van der Waals surface area contributed by atoms with Crippen LogP contribution in [0.5, 0.6) is 5.75 Å². The number of rotatable bonds is 5. The SMILES string of the molecule is CN(CCOc1cccc(F)c1)C(=O)c1cccc(Cl)n1. The van der Waals surface area contributed by atoms with E-state index in [1.165, 1.54) is 17.0 Å². The highest BCUT2D eigenvalue weighted by Crippen LogP contribution is 2.12. The Morgan fingerprint density at radius 1 is 1.33 bits per heavy atom. The van der Waals surface area contributed by atoms with Crippen molar-refractivity contribution in [2.45, 2.75) is 0 Å². The average Bonchev–Trinajstić information content (AvgIpc) is 2.46. The number of carbonyl (C=O) groups is 1. The van der Waals surface area contributed by atoms with Gasteiger partial charge in [-0.3, -0.25) is 4.79 Å². The molecule has 0 aliphatic rings. The second-order valence-corrected chi connectivity index (χ2v) is 4.77. The topological polar surface area (TPSA) is 42.4 Å². The van der Waals surface area contributed by atoms with E-state index in [1.807, 2.05) is 0 Å². The van der Waals surface area contributed by atoms with Gasteiger partial charge in [-0.25, -0.2) is 9.37 Å². The first-order valence-electron chi connectivity index (χ1n) is 6.32. The predicted molar refractivity (Wildman–Crippen MR) is 78.1 cm³/mol. The maximum Gasteiger partial charge on any atom is 0.272 e. The van der Waals surface area contributed by atoms with Crippen molar-refractivity contribution in [2.75, 3.05) is 20.2 Å². The van der Waals surface area contributed by atoms with Gasteiger partial charge < -0.3 is 9.64 Å². The molecule has 0 radical (unpaired) electrons. The summed E-state index contributed by atoms with van der Waals surface area (Å²) in [5, 5.41) is 0.269. The van der Waals surface area contributed by atoms with Gasteiger partial charge in [-0.15, -0.1) is 0 Å². The molecular weight excluding hydrogens is 295 g/mol. The Balaban J connectivity index is 1.87. The predicted octanol–water partition coefficient (Wildman–Crippen LogP) is 3.03. The Labute approximate surface area is 127 Å². The molecule has 2 rings (SSSR count). The van der Waals surface area contributed by atoms with E-state index in [0.29, 0.717) is 12.3 Å². The van der Waals surface area contributed by atoms with Crippen LogP contribution in [0.25, 0.3) is 0 Å². The van der Waals surface area contributed by atoms with Gasteiger partial charge in [0.2, 0.25) is 0 Å². The Morgan fingerprint density at radius 2 is 2.10 bits per heavy atom. The van der Waals surface area contributed by atoms with Crippen molar-refractivity contribution in [3.8, 4) is 5.75 Å². The highest BCUT2D eigenvalue weighted by atomic mass is 35.5. The number of aromatic nitrogens is 1. The average molecular weight is 309 g/mol. The molecule has 110 valence electrons. The second kappa shape index (κ2) is 7.04. The van der Waals surface area contributed by atoms with Crippen molar-refractivity contribution in [3.05, 3.63) is 59.1 Å². The first-order chi connectivity index (χ1) is 10.1. The lowest BCUT2D eigenvalue weighted by atomic mass is 10.3. The molecule has 0 saturated heterocycles. The molecule has 1 amide bonds. The summed E-state index contributed by atoms with van der Waals surface area (Å²) in [5.74, 6) is -0.183. The number of pyridine rings is 1. The van der Waals surface area contributed by atoms with E-state index in [4.69, 9.17) is 16.3 Å². The Kier molecular flexibility index (Phi) is 5.11. The lowest BCUT2D eigenvalue weighted by Crippen LogP contribution is -2.31. The summed E-state index contributed by atoms with van der Waals surface area (Å²) in [5.41, 5.74) is 0.274. The maximum atomic E-state index is 13.0. The fraction of sp³-hybridized carbons (Fsp3) is 0.200. The number of hydrogen-bond acceptors (Lipinski definition) is 3. The van der Waals surface area contributed by atoms with Gasteiger partial charge in [-0.05, 0) is 24.3 Å². The molecule has 0 saturated carbocycles. The molecule has 0 fully saturated rings. The molecular formula is C15H14ClFN2O2. The van der Waals surface area contributed by atoms with Crippen LogP contribution in [-0.2, 0) is 0 Å². The number of halogens is 2. The molecule has 1 aromatic carbocycles. The van der Waals surface area contributed by atoms with Gasteiger partial charge in [0.25, 0.3) is 5.91 Å². The summed E-state index contributed by atoms with van der Waals surface area (Å²) in [6.45, 7) is 0.607. The van der Waals surface area contributed by atoms with Gasteiger partial charge in [-0.1, -0.05) is 23.7 Å². The third kappa shape index (κ3) is 4.43. The Hall–Kier alpha value is -2.14. The van der Waals surface area contributed by atoms with Crippen LogP contribution in [0.2, 0.25) is 5.15 Å². The zero-order valence-electron chi connectivity index (χ0n) is 11.4. The van der Waals surface area contributed by atoms with Gasteiger partial charge in [0, 0.05) is 13.1 Å². The van der Waals surface area contributed by atoms with Crippen molar-refractivity contribution < 1.29 is 13.9 Å². The fourth-order valence-corrected chi connectivity index (χ4v) is 1.85. The lowest BCUT2D eigenvalue weighted by Gasteiger charge is -2.17. The van der Waals surface area contributed by atoms with Crippen LogP contribution in [0.1, 0.15) is 10.5 Å². The number of likely N-dealkylation sites (N-methyl/N-ethyl adjacent to an activating group) is 1. The number of hydrogen-bond donors (Lipinski definition) is 0. The van der Waals surface area contributed by atoms with Crippen LogP contribution in [0.15, 0.2) is 42.5 Å². The first-order valence-corrected chi connectivity index (χ1v) is 6.70. The minimum atomic E-state index is -0.361. The molecule has 6 heteroatoms. The molecule has 1 aromatic heterocycles. The molecule has 0 atom stereocenters. The fourth-order valence-electron chi connectivity index (χ4n) is 1.68. The summed E-state index contributed by atoms with van der Waals surface area (Å²) >= 11 is 5.75. The zero-order chi connectivity index (χ0) is 15.2. The third-order valence-electron chi connectivity index (χ3n) is 2.77. The van der Waals surface area contributed by atoms with Gasteiger partial charge in [-0.2, -0.15) is 0 Å². The number of amides is 1. The highest BCUT2D eigenvalue weighted by Gasteiger charge is 2.13. The van der Waals surface area contributed by atoms with E-state index in [1.54, 1.807) is 37.4 Å². The van der Waals surface area contributed by atoms with Gasteiger partial charge in [0.05, 0.1) is 6.54 Å². The van der Waals surface area contributed by atoms with Crippen LogP contribution >= 0.6 is 11.6 Å². The van der Waals surface area contributed by atoms with Gasteiger partial charge >= 0.3 is 0 Å². The molecule has 1 heterocycles. The van der Waals surface area contributed by atoms with Crippen LogP contribution in [0.3, 0.4) is 0 Å². The second-order valence-electron chi connectivity index (χ2n) is 4.38. The van der Waals surface area contributed by atoms with Crippen molar-refractivity contribution in [1.82, 2.24) is 9.88 Å². The zero-order valence-corrected chi connectivity index (χ0v) is 12.2. The monoisotopic (exact) mass is 308 g/mol. The van der Waals surface area contributed by atoms with Crippen molar-refractivity contribution in [3.63, 3.8) is 0 Å². The molecule has 0 spiro atoms. The summed E-state index contributed by atoms with van der Waals surface area (Å²) < 4.78 is 18.4. The number of carbonyl (C=O) groups excluding carboxylic acids is 1. The molecule has 0 aliphatic carbocycles. The lowest BCUT2D eigenvalue weighted by molar-refractivity contribution is 0.0768. The molecule has 0 N–H and O–H groups in total. The van der Waals surface area contributed by atoms with E-state index >= 15 is 0 Å². The first kappa shape index (κ1) is 15.3. The molecule has 4 nitrogen and oxygen atoms in total. The smallest absolute Gasteiger partial charge is 0.272 e. The van der Waals surface area contributed by atoms with Crippen LogP contribution in [-0.4, -0.2) is 36.0 Å². The van der Waals surface area contributed by atoms with E-state index < -0.39 is 0 Å². The largest absolute Gasteiger partial charge is 0.492 e.